The largest absolute Gasteiger partial charge is 0.496 e. The van der Waals surface area contributed by atoms with Crippen LogP contribution in [0.3, 0.4) is 0 Å². The van der Waals surface area contributed by atoms with E-state index in [0.717, 1.165) is 11.1 Å². The molecule has 0 aliphatic carbocycles. The molecule has 1 unspecified atom stereocenters. The summed E-state index contributed by atoms with van der Waals surface area (Å²) in [5, 5.41) is 3.01. The number of hydrogen-bond acceptors (Lipinski definition) is 3. The topological polar surface area (TPSA) is 55.4 Å². The van der Waals surface area contributed by atoms with Crippen molar-refractivity contribution in [2.24, 2.45) is 5.92 Å². The summed E-state index contributed by atoms with van der Waals surface area (Å²) < 4.78 is 5.31. The van der Waals surface area contributed by atoms with Crippen LogP contribution in [0.1, 0.15) is 59.0 Å². The highest BCUT2D eigenvalue weighted by molar-refractivity contribution is 6.07. The lowest BCUT2D eigenvalue weighted by Crippen LogP contribution is -2.53. The number of Topliss-reactive ketones (excluding diaryl/α,β-unsaturated/α-hetero) is 1. The molecule has 144 valence electrons. The summed E-state index contributed by atoms with van der Waals surface area (Å²) in [6.45, 7) is 9.70. The Morgan fingerprint density at radius 1 is 1.11 bits per heavy atom. The zero-order valence-electron chi connectivity index (χ0n) is 17.1. The molecule has 0 heterocycles. The Labute approximate surface area is 161 Å². The smallest absolute Gasteiger partial charge is 0.252 e. The third kappa shape index (κ3) is 4.76. The molecule has 1 N–H and O–H groups in total. The van der Waals surface area contributed by atoms with Crippen LogP contribution in [-0.2, 0) is 0 Å². The summed E-state index contributed by atoms with van der Waals surface area (Å²) in [7, 11) is 1.58. The van der Waals surface area contributed by atoms with Gasteiger partial charge in [-0.25, -0.2) is 0 Å². The van der Waals surface area contributed by atoms with E-state index in [9.17, 15) is 9.59 Å². The van der Waals surface area contributed by atoms with Crippen molar-refractivity contribution in [1.82, 2.24) is 5.32 Å². The van der Waals surface area contributed by atoms with Crippen LogP contribution in [0.25, 0.3) is 0 Å². The van der Waals surface area contributed by atoms with Crippen LogP contribution in [0.5, 0.6) is 5.75 Å². The van der Waals surface area contributed by atoms with E-state index in [0.29, 0.717) is 23.3 Å². The summed E-state index contributed by atoms with van der Waals surface area (Å²) >= 11 is 0. The molecule has 0 aromatic heterocycles. The van der Waals surface area contributed by atoms with Gasteiger partial charge in [0.25, 0.3) is 5.91 Å². The van der Waals surface area contributed by atoms with Gasteiger partial charge in [-0.15, -0.1) is 0 Å². The minimum absolute atomic E-state index is 0.0752. The van der Waals surface area contributed by atoms with E-state index in [2.05, 4.69) is 5.32 Å². The molecule has 0 fully saturated rings. The number of aryl methyl sites for hydroxylation is 1. The van der Waals surface area contributed by atoms with Crippen molar-refractivity contribution in [2.45, 2.75) is 46.6 Å². The first kappa shape index (κ1) is 20.7. The third-order valence-corrected chi connectivity index (χ3v) is 4.74. The van der Waals surface area contributed by atoms with Crippen LogP contribution in [0.4, 0.5) is 0 Å². The maximum atomic E-state index is 13.3. The molecular weight excluding hydrogens is 338 g/mol. The molecule has 4 nitrogen and oxygen atoms in total. The van der Waals surface area contributed by atoms with Crippen LogP contribution >= 0.6 is 0 Å². The van der Waals surface area contributed by atoms with Gasteiger partial charge in [0.2, 0.25) is 0 Å². The summed E-state index contributed by atoms with van der Waals surface area (Å²) in [6, 6.07) is 12.8. The molecule has 2 aromatic rings. The van der Waals surface area contributed by atoms with Crippen molar-refractivity contribution in [3.8, 4) is 5.75 Å². The minimum Gasteiger partial charge on any atom is -0.496 e. The maximum Gasteiger partial charge on any atom is 0.252 e. The highest BCUT2D eigenvalue weighted by Gasteiger charge is 2.36. The standard InChI is InChI=1S/C23H29NO3/c1-15(2)14-23(5,21(25)18-10-7-9-16(3)13-18)24-22(26)19-11-8-12-20(27-6)17(19)4/h7-13,15H,14H2,1-6H3,(H,24,26). The van der Waals surface area contributed by atoms with Crippen molar-refractivity contribution >= 4 is 11.7 Å². The molecule has 0 saturated heterocycles. The van der Waals surface area contributed by atoms with Gasteiger partial charge in [0, 0.05) is 16.7 Å². The fourth-order valence-electron chi connectivity index (χ4n) is 3.52. The molecule has 0 radical (unpaired) electrons. The number of carbonyl (C=O) groups is 2. The van der Waals surface area contributed by atoms with Crippen LogP contribution in [0, 0.1) is 19.8 Å². The Balaban J connectivity index is 2.39. The summed E-state index contributed by atoms with van der Waals surface area (Å²) in [6.07, 6.45) is 0.550. The Morgan fingerprint density at radius 2 is 1.78 bits per heavy atom. The molecule has 2 aromatic carbocycles. The molecule has 1 atom stereocenters. The molecule has 2 rings (SSSR count). The number of hydrogen-bond donors (Lipinski definition) is 1. The zero-order valence-corrected chi connectivity index (χ0v) is 17.1. The Kier molecular flexibility index (Phi) is 6.42. The molecule has 0 aliphatic heterocycles. The number of carbonyl (C=O) groups excluding carboxylic acids is 2. The van der Waals surface area contributed by atoms with Crippen molar-refractivity contribution in [3.05, 3.63) is 64.7 Å². The van der Waals surface area contributed by atoms with E-state index in [1.165, 1.54) is 0 Å². The lowest BCUT2D eigenvalue weighted by Gasteiger charge is -2.31. The van der Waals surface area contributed by atoms with Gasteiger partial charge in [-0.3, -0.25) is 9.59 Å². The van der Waals surface area contributed by atoms with E-state index in [-0.39, 0.29) is 17.6 Å². The highest BCUT2D eigenvalue weighted by atomic mass is 16.5. The van der Waals surface area contributed by atoms with E-state index in [4.69, 9.17) is 4.74 Å². The molecular formula is C23H29NO3. The number of nitrogens with one attached hydrogen (secondary N) is 1. The lowest BCUT2D eigenvalue weighted by atomic mass is 9.83. The summed E-state index contributed by atoms with van der Waals surface area (Å²) in [5.74, 6) is 0.554. The van der Waals surface area contributed by atoms with E-state index in [1.807, 2.05) is 58.9 Å². The first-order chi connectivity index (χ1) is 12.7. The number of amides is 1. The second kappa shape index (κ2) is 8.38. The molecule has 0 aliphatic rings. The van der Waals surface area contributed by atoms with Crippen molar-refractivity contribution in [2.75, 3.05) is 7.11 Å². The number of methoxy groups -OCH3 is 1. The molecule has 1 amide bonds. The SMILES string of the molecule is COc1cccc(C(=O)NC(C)(CC(C)C)C(=O)c2cccc(C)c2)c1C. The van der Waals surface area contributed by atoms with Gasteiger partial charge in [0.1, 0.15) is 11.3 Å². The van der Waals surface area contributed by atoms with Crippen LogP contribution < -0.4 is 10.1 Å². The minimum atomic E-state index is -0.992. The predicted molar refractivity (Wildman–Crippen MR) is 109 cm³/mol. The van der Waals surface area contributed by atoms with Gasteiger partial charge >= 0.3 is 0 Å². The fraction of sp³-hybridized carbons (Fsp3) is 0.391. The normalized spacial score (nSPS) is 13.1. The van der Waals surface area contributed by atoms with Crippen LogP contribution in [0.2, 0.25) is 0 Å². The second-order valence-electron chi connectivity index (χ2n) is 7.72. The molecule has 27 heavy (non-hydrogen) atoms. The van der Waals surface area contributed by atoms with E-state index < -0.39 is 5.54 Å². The number of ether oxygens (including phenoxy) is 1. The molecule has 0 saturated carbocycles. The summed E-state index contributed by atoms with van der Waals surface area (Å²) in [4.78, 5) is 26.3. The van der Waals surface area contributed by atoms with E-state index >= 15 is 0 Å². The van der Waals surface area contributed by atoms with Gasteiger partial charge < -0.3 is 10.1 Å². The molecule has 0 spiro atoms. The second-order valence-corrected chi connectivity index (χ2v) is 7.72. The average Bonchev–Trinajstić information content (AvgIpc) is 2.60. The Bertz CT molecular complexity index is 841. The Morgan fingerprint density at radius 3 is 2.37 bits per heavy atom. The van der Waals surface area contributed by atoms with Crippen LogP contribution in [-0.4, -0.2) is 24.3 Å². The maximum absolute atomic E-state index is 13.3. The highest BCUT2D eigenvalue weighted by Crippen LogP contribution is 2.25. The van der Waals surface area contributed by atoms with Gasteiger partial charge in [-0.2, -0.15) is 0 Å². The van der Waals surface area contributed by atoms with E-state index in [1.54, 1.807) is 25.3 Å². The monoisotopic (exact) mass is 367 g/mol. The predicted octanol–water partition coefficient (Wildman–Crippen LogP) is 4.73. The quantitative estimate of drug-likeness (QED) is 0.720. The molecule has 4 heteroatoms. The third-order valence-electron chi connectivity index (χ3n) is 4.74. The first-order valence-electron chi connectivity index (χ1n) is 9.25. The number of rotatable bonds is 7. The number of ketones is 1. The van der Waals surface area contributed by atoms with Gasteiger partial charge in [0.05, 0.1) is 7.11 Å². The molecule has 0 bridgehead atoms. The number of benzene rings is 2. The van der Waals surface area contributed by atoms with Crippen molar-refractivity contribution in [1.29, 1.82) is 0 Å². The first-order valence-corrected chi connectivity index (χ1v) is 9.25. The van der Waals surface area contributed by atoms with Gasteiger partial charge in [-0.1, -0.05) is 43.7 Å². The van der Waals surface area contributed by atoms with Crippen molar-refractivity contribution in [3.63, 3.8) is 0 Å². The van der Waals surface area contributed by atoms with Gasteiger partial charge in [-0.05, 0) is 51.3 Å². The van der Waals surface area contributed by atoms with Crippen LogP contribution in [0.15, 0.2) is 42.5 Å². The average molecular weight is 367 g/mol. The van der Waals surface area contributed by atoms with Gasteiger partial charge in [0.15, 0.2) is 5.78 Å². The Hall–Kier alpha value is -2.62. The fourth-order valence-corrected chi connectivity index (χ4v) is 3.52. The summed E-state index contributed by atoms with van der Waals surface area (Å²) in [5.41, 5.74) is 1.91. The lowest BCUT2D eigenvalue weighted by molar-refractivity contribution is 0.0758. The zero-order chi connectivity index (χ0) is 20.2. The van der Waals surface area contributed by atoms with Crippen molar-refractivity contribution < 1.29 is 14.3 Å².